The number of rotatable bonds is 5. The van der Waals surface area contributed by atoms with Crippen molar-refractivity contribution in [2.24, 2.45) is 0 Å². The molecule has 0 spiro atoms. The van der Waals surface area contributed by atoms with Gasteiger partial charge in [0.15, 0.2) is 5.69 Å². The zero-order chi connectivity index (χ0) is 18.8. The average molecular weight is 403 g/mol. The first-order valence-corrected chi connectivity index (χ1v) is 9.61. The van der Waals surface area contributed by atoms with Crippen LogP contribution >= 0.6 is 12.4 Å². The maximum atomic E-state index is 12.6. The molecule has 28 heavy (non-hydrogen) atoms. The summed E-state index contributed by atoms with van der Waals surface area (Å²) in [4.78, 5) is 15.9. The Morgan fingerprint density at radius 2 is 2.07 bits per heavy atom. The molecular formula is C20H27ClN6O. The van der Waals surface area contributed by atoms with Crippen molar-refractivity contribution in [1.82, 2.24) is 30.6 Å². The highest BCUT2D eigenvalue weighted by atomic mass is 35.5. The van der Waals surface area contributed by atoms with E-state index >= 15 is 0 Å². The van der Waals surface area contributed by atoms with Crippen LogP contribution in [0.4, 0.5) is 0 Å². The van der Waals surface area contributed by atoms with E-state index in [0.717, 1.165) is 43.6 Å². The second kappa shape index (κ2) is 8.75. The molecule has 1 amide bonds. The topological polar surface area (TPSA) is 87.6 Å². The number of aromatic amines is 1. The van der Waals surface area contributed by atoms with E-state index < -0.39 is 0 Å². The number of aryl methyl sites for hydroxylation is 1. The third kappa shape index (κ3) is 3.91. The van der Waals surface area contributed by atoms with Crippen molar-refractivity contribution < 1.29 is 4.79 Å². The molecule has 7 nitrogen and oxygen atoms in total. The van der Waals surface area contributed by atoms with Crippen molar-refractivity contribution in [3.63, 3.8) is 0 Å². The fourth-order valence-electron chi connectivity index (χ4n) is 3.99. The van der Waals surface area contributed by atoms with Crippen LogP contribution in [0.25, 0.3) is 10.9 Å². The van der Waals surface area contributed by atoms with Crippen molar-refractivity contribution in [3.05, 3.63) is 46.9 Å². The van der Waals surface area contributed by atoms with Crippen LogP contribution in [-0.2, 0) is 6.42 Å². The molecule has 3 aromatic rings. The molecule has 1 saturated heterocycles. The number of nitrogens with zero attached hydrogens (tertiary/aromatic N) is 3. The van der Waals surface area contributed by atoms with Gasteiger partial charge in [0.25, 0.3) is 5.91 Å². The summed E-state index contributed by atoms with van der Waals surface area (Å²) in [7, 11) is 0. The number of aromatic nitrogens is 4. The largest absolute Gasteiger partial charge is 0.361 e. The number of hydrogen-bond donors (Lipinski definition) is 3. The van der Waals surface area contributed by atoms with Crippen molar-refractivity contribution in [2.45, 2.75) is 39.2 Å². The first-order chi connectivity index (χ1) is 13.1. The summed E-state index contributed by atoms with van der Waals surface area (Å²) >= 11 is 0. The normalized spacial score (nSPS) is 14.8. The fourth-order valence-corrected chi connectivity index (χ4v) is 3.99. The first kappa shape index (κ1) is 20.4. The van der Waals surface area contributed by atoms with Gasteiger partial charge >= 0.3 is 0 Å². The van der Waals surface area contributed by atoms with E-state index in [9.17, 15) is 4.79 Å². The van der Waals surface area contributed by atoms with Gasteiger partial charge in [-0.15, -0.1) is 17.5 Å². The van der Waals surface area contributed by atoms with E-state index in [0.29, 0.717) is 18.3 Å². The van der Waals surface area contributed by atoms with Crippen LogP contribution in [0.3, 0.4) is 0 Å². The number of piperidine rings is 1. The summed E-state index contributed by atoms with van der Waals surface area (Å²) in [5, 5.41) is 16.0. The standard InChI is InChI=1S/C20H26N6O.ClH/c1-13-4-3-5-17-18(13)15(12-23-17)6-11-22-20(27)19-14(2)26(25-24-19)16-7-9-21-10-8-16;/h3-5,12,16,21,23H,6-11H2,1-2H3,(H,22,27);1H. The fraction of sp³-hybridized carbons (Fsp3) is 0.450. The minimum absolute atomic E-state index is 0. The van der Waals surface area contributed by atoms with E-state index in [4.69, 9.17) is 0 Å². The molecule has 0 unspecified atom stereocenters. The second-order valence-corrected chi connectivity index (χ2v) is 7.27. The van der Waals surface area contributed by atoms with Gasteiger partial charge in [0, 0.05) is 23.6 Å². The molecule has 3 N–H and O–H groups in total. The lowest BCUT2D eigenvalue weighted by molar-refractivity contribution is 0.0948. The van der Waals surface area contributed by atoms with E-state index in [1.807, 2.05) is 23.9 Å². The zero-order valence-electron chi connectivity index (χ0n) is 16.3. The number of carbonyl (C=O) groups excluding carboxylic acids is 1. The van der Waals surface area contributed by atoms with E-state index in [1.54, 1.807) is 0 Å². The molecule has 1 aliphatic rings. The zero-order valence-corrected chi connectivity index (χ0v) is 17.1. The Hall–Kier alpha value is -2.38. The number of hydrogen-bond acceptors (Lipinski definition) is 4. The summed E-state index contributed by atoms with van der Waals surface area (Å²) in [5.41, 5.74) is 4.89. The van der Waals surface area contributed by atoms with Crippen molar-refractivity contribution in [2.75, 3.05) is 19.6 Å². The number of halogens is 1. The van der Waals surface area contributed by atoms with Gasteiger partial charge in [-0.1, -0.05) is 17.3 Å². The van der Waals surface area contributed by atoms with Gasteiger partial charge < -0.3 is 15.6 Å². The number of carbonyl (C=O) groups is 1. The summed E-state index contributed by atoms with van der Waals surface area (Å²) < 4.78 is 1.92. The SMILES string of the molecule is Cc1cccc2[nH]cc(CCNC(=O)c3nnn(C4CCNCC4)c3C)c12.Cl. The van der Waals surface area contributed by atoms with Crippen molar-refractivity contribution in [3.8, 4) is 0 Å². The molecule has 2 aromatic heterocycles. The molecule has 0 saturated carbocycles. The highest BCUT2D eigenvalue weighted by molar-refractivity contribution is 5.93. The maximum Gasteiger partial charge on any atom is 0.273 e. The highest BCUT2D eigenvalue weighted by Gasteiger charge is 2.22. The number of amides is 1. The van der Waals surface area contributed by atoms with E-state index in [2.05, 4.69) is 45.0 Å². The average Bonchev–Trinajstić information content (AvgIpc) is 3.27. The van der Waals surface area contributed by atoms with E-state index in [-0.39, 0.29) is 18.3 Å². The van der Waals surface area contributed by atoms with Gasteiger partial charge in [-0.25, -0.2) is 4.68 Å². The summed E-state index contributed by atoms with van der Waals surface area (Å²) in [6.45, 7) is 6.57. The number of nitrogens with one attached hydrogen (secondary N) is 3. The Bertz CT molecular complexity index is 957. The quantitative estimate of drug-likeness (QED) is 0.612. The molecule has 4 rings (SSSR count). The van der Waals surface area contributed by atoms with Gasteiger partial charge in [0.2, 0.25) is 0 Å². The van der Waals surface area contributed by atoms with Gasteiger partial charge in [-0.3, -0.25) is 4.79 Å². The Balaban J connectivity index is 0.00000225. The second-order valence-electron chi connectivity index (χ2n) is 7.27. The molecule has 0 aliphatic carbocycles. The van der Waals surface area contributed by atoms with Gasteiger partial charge in [-0.2, -0.15) is 0 Å². The smallest absolute Gasteiger partial charge is 0.273 e. The first-order valence-electron chi connectivity index (χ1n) is 9.61. The summed E-state index contributed by atoms with van der Waals surface area (Å²) in [6.07, 6.45) is 4.84. The minimum atomic E-state index is -0.149. The number of fused-ring (bicyclic) bond motifs is 1. The Kier molecular flexibility index (Phi) is 6.36. The molecule has 3 heterocycles. The van der Waals surface area contributed by atoms with E-state index in [1.165, 1.54) is 16.5 Å². The molecule has 0 radical (unpaired) electrons. The van der Waals surface area contributed by atoms with Gasteiger partial charge in [0.1, 0.15) is 0 Å². The third-order valence-electron chi connectivity index (χ3n) is 5.47. The third-order valence-corrected chi connectivity index (χ3v) is 5.47. The lowest BCUT2D eigenvalue weighted by atomic mass is 10.1. The molecular weight excluding hydrogens is 376 g/mol. The molecule has 0 atom stereocenters. The van der Waals surface area contributed by atoms with Gasteiger partial charge in [-0.05, 0) is 63.4 Å². The lowest BCUT2D eigenvalue weighted by Crippen LogP contribution is -2.30. The van der Waals surface area contributed by atoms with Crippen molar-refractivity contribution >= 4 is 29.2 Å². The highest BCUT2D eigenvalue weighted by Crippen LogP contribution is 2.22. The predicted octanol–water partition coefficient (Wildman–Crippen LogP) is 2.70. The Labute approximate surface area is 170 Å². The molecule has 150 valence electrons. The van der Waals surface area contributed by atoms with Crippen LogP contribution in [0.15, 0.2) is 24.4 Å². The van der Waals surface area contributed by atoms with Crippen LogP contribution in [-0.4, -0.2) is 45.5 Å². The Morgan fingerprint density at radius 3 is 2.86 bits per heavy atom. The van der Waals surface area contributed by atoms with Crippen molar-refractivity contribution in [1.29, 1.82) is 0 Å². The number of benzene rings is 1. The minimum Gasteiger partial charge on any atom is -0.361 e. The molecule has 0 bridgehead atoms. The summed E-state index contributed by atoms with van der Waals surface area (Å²) in [5.74, 6) is -0.149. The van der Waals surface area contributed by atoms with Gasteiger partial charge in [0.05, 0.1) is 11.7 Å². The molecule has 1 fully saturated rings. The molecule has 1 aliphatic heterocycles. The van der Waals surface area contributed by atoms with Crippen LogP contribution in [0.5, 0.6) is 0 Å². The predicted molar refractivity (Wildman–Crippen MR) is 112 cm³/mol. The lowest BCUT2D eigenvalue weighted by Gasteiger charge is -2.23. The van der Waals surface area contributed by atoms with Crippen LogP contribution < -0.4 is 10.6 Å². The monoisotopic (exact) mass is 402 g/mol. The molecule has 8 heteroatoms. The maximum absolute atomic E-state index is 12.6. The molecule has 1 aromatic carbocycles. The summed E-state index contributed by atoms with van der Waals surface area (Å²) in [6, 6.07) is 6.57. The van der Waals surface area contributed by atoms with Crippen LogP contribution in [0, 0.1) is 13.8 Å². The number of H-pyrrole nitrogens is 1. The van der Waals surface area contributed by atoms with Crippen LogP contribution in [0.1, 0.15) is 46.2 Å². The van der Waals surface area contributed by atoms with Crippen LogP contribution in [0.2, 0.25) is 0 Å². The Morgan fingerprint density at radius 1 is 1.29 bits per heavy atom.